The lowest BCUT2D eigenvalue weighted by Crippen LogP contribution is -2.33. The van der Waals surface area contributed by atoms with Gasteiger partial charge in [0.1, 0.15) is 0 Å². The zero-order chi connectivity index (χ0) is 36.3. The molecular formula is C51H38N2O. The number of benzene rings is 8. The molecule has 1 aliphatic heterocycles. The molecule has 8 aromatic rings. The maximum absolute atomic E-state index is 15.7. The Hall–Kier alpha value is -6.97. The molecule has 54 heavy (non-hydrogen) atoms. The predicted octanol–water partition coefficient (Wildman–Crippen LogP) is 13.3. The summed E-state index contributed by atoms with van der Waals surface area (Å²) in [6.07, 6.45) is 0. The van der Waals surface area contributed by atoms with Gasteiger partial charge in [-0.05, 0) is 92.0 Å². The van der Waals surface area contributed by atoms with Crippen molar-refractivity contribution in [2.75, 3.05) is 9.80 Å². The van der Waals surface area contributed by atoms with Crippen LogP contribution in [0.5, 0.6) is 0 Å². The van der Waals surface area contributed by atoms with Crippen LogP contribution >= 0.6 is 0 Å². The van der Waals surface area contributed by atoms with E-state index in [4.69, 9.17) is 0 Å². The molecule has 1 aliphatic rings. The highest BCUT2D eigenvalue weighted by Crippen LogP contribution is 2.51. The summed E-state index contributed by atoms with van der Waals surface area (Å²) in [5, 5.41) is 0. The fraction of sp³-hybridized carbons (Fsp3) is 0.0392. The number of amides is 2. The van der Waals surface area contributed by atoms with Crippen molar-refractivity contribution in [2.45, 2.75) is 12.1 Å². The number of hydrogen-bond acceptors (Lipinski definition) is 1. The molecule has 8 aromatic carbocycles. The van der Waals surface area contributed by atoms with E-state index in [0.717, 1.165) is 67.0 Å². The lowest BCUT2D eigenvalue weighted by atomic mass is 9.91. The third-order valence-electron chi connectivity index (χ3n) is 10.4. The summed E-state index contributed by atoms with van der Waals surface area (Å²) in [4.78, 5) is 19.8. The van der Waals surface area contributed by atoms with Gasteiger partial charge in [-0.1, -0.05) is 182 Å². The molecule has 2 atom stereocenters. The van der Waals surface area contributed by atoms with Crippen LogP contribution < -0.4 is 9.80 Å². The predicted molar refractivity (Wildman–Crippen MR) is 223 cm³/mol. The van der Waals surface area contributed by atoms with Gasteiger partial charge in [-0.3, -0.25) is 9.80 Å². The van der Waals surface area contributed by atoms with Crippen molar-refractivity contribution in [3.8, 4) is 44.5 Å². The molecule has 2 unspecified atom stereocenters. The summed E-state index contributed by atoms with van der Waals surface area (Å²) >= 11 is 0. The highest BCUT2D eigenvalue weighted by molar-refractivity contribution is 6.09. The van der Waals surface area contributed by atoms with Crippen LogP contribution in [0.4, 0.5) is 16.2 Å². The average Bonchev–Trinajstić information content (AvgIpc) is 3.57. The second-order valence-electron chi connectivity index (χ2n) is 13.7. The van der Waals surface area contributed by atoms with Gasteiger partial charge >= 0.3 is 6.03 Å². The number of carbonyl (C=O) groups is 1. The van der Waals surface area contributed by atoms with Gasteiger partial charge < -0.3 is 0 Å². The van der Waals surface area contributed by atoms with E-state index in [-0.39, 0.29) is 18.1 Å². The van der Waals surface area contributed by atoms with E-state index < -0.39 is 0 Å². The summed E-state index contributed by atoms with van der Waals surface area (Å²) in [7, 11) is 0. The van der Waals surface area contributed by atoms with Crippen molar-refractivity contribution in [3.63, 3.8) is 0 Å². The van der Waals surface area contributed by atoms with Gasteiger partial charge in [-0.15, -0.1) is 0 Å². The van der Waals surface area contributed by atoms with E-state index >= 15 is 4.79 Å². The molecule has 0 saturated carbocycles. The van der Waals surface area contributed by atoms with E-state index in [1.807, 2.05) is 46.2 Å². The lowest BCUT2D eigenvalue weighted by Gasteiger charge is -2.29. The van der Waals surface area contributed by atoms with Gasteiger partial charge in [0.05, 0.1) is 12.1 Å². The van der Waals surface area contributed by atoms with Crippen molar-refractivity contribution >= 4 is 17.4 Å². The van der Waals surface area contributed by atoms with Crippen LogP contribution in [0, 0.1) is 0 Å². The smallest absolute Gasteiger partial charge is 0.284 e. The molecule has 2 amide bonds. The van der Waals surface area contributed by atoms with Gasteiger partial charge in [-0.2, -0.15) is 0 Å². The fourth-order valence-corrected chi connectivity index (χ4v) is 7.83. The summed E-state index contributed by atoms with van der Waals surface area (Å²) in [6, 6.07) is 75.1. The lowest BCUT2D eigenvalue weighted by molar-refractivity contribution is 0.255. The maximum atomic E-state index is 15.7. The zero-order valence-corrected chi connectivity index (χ0v) is 29.7. The SMILES string of the molecule is O=C1N(c2cc(-c3ccccc3)cc(-c3ccccc3)c2)C(c2ccccc2)C(c2ccccc2)N1c1cc(-c2ccccc2)cc(-c2ccccc2)c1. The fourth-order valence-electron chi connectivity index (χ4n) is 7.83. The van der Waals surface area contributed by atoms with Crippen molar-refractivity contribution in [1.29, 1.82) is 0 Å². The van der Waals surface area contributed by atoms with Gasteiger partial charge in [0, 0.05) is 11.4 Å². The topological polar surface area (TPSA) is 23.6 Å². The molecule has 0 aromatic heterocycles. The molecule has 1 fully saturated rings. The number of urea groups is 1. The first kappa shape index (κ1) is 32.9. The van der Waals surface area contributed by atoms with Crippen molar-refractivity contribution in [2.24, 2.45) is 0 Å². The first-order chi connectivity index (χ1) is 26.7. The van der Waals surface area contributed by atoms with Crippen LogP contribution in [0.1, 0.15) is 23.2 Å². The Kier molecular flexibility index (Phi) is 8.88. The van der Waals surface area contributed by atoms with E-state index in [1.165, 1.54) is 0 Å². The zero-order valence-electron chi connectivity index (χ0n) is 29.7. The van der Waals surface area contributed by atoms with Crippen molar-refractivity contribution in [1.82, 2.24) is 0 Å². The summed E-state index contributed by atoms with van der Waals surface area (Å²) in [5.41, 5.74) is 12.4. The minimum atomic E-state index is -0.337. The number of hydrogen-bond donors (Lipinski definition) is 0. The van der Waals surface area contributed by atoms with Crippen LogP contribution in [-0.4, -0.2) is 6.03 Å². The minimum absolute atomic E-state index is 0.0776. The average molecular weight is 695 g/mol. The van der Waals surface area contributed by atoms with Gasteiger partial charge in [-0.25, -0.2) is 4.79 Å². The Bertz CT molecular complexity index is 2210. The highest BCUT2D eigenvalue weighted by Gasteiger charge is 2.49. The van der Waals surface area contributed by atoms with Crippen LogP contribution in [0.2, 0.25) is 0 Å². The maximum Gasteiger partial charge on any atom is 0.330 e. The number of rotatable bonds is 8. The first-order valence-corrected chi connectivity index (χ1v) is 18.5. The van der Waals surface area contributed by atoms with Gasteiger partial charge in [0.15, 0.2) is 0 Å². The Morgan fingerprint density at radius 1 is 0.278 bits per heavy atom. The monoisotopic (exact) mass is 694 g/mol. The molecule has 1 heterocycles. The van der Waals surface area contributed by atoms with Crippen molar-refractivity contribution < 1.29 is 4.79 Å². The third-order valence-corrected chi connectivity index (χ3v) is 10.4. The van der Waals surface area contributed by atoms with E-state index in [9.17, 15) is 0 Å². The first-order valence-electron chi connectivity index (χ1n) is 18.5. The van der Waals surface area contributed by atoms with Crippen molar-refractivity contribution in [3.05, 3.63) is 230 Å². The second kappa shape index (κ2) is 14.6. The molecule has 3 heteroatoms. The molecule has 0 aliphatic carbocycles. The Morgan fingerprint density at radius 2 is 0.519 bits per heavy atom. The molecule has 9 rings (SSSR count). The molecule has 0 bridgehead atoms. The Balaban J connectivity index is 1.30. The standard InChI is InChI=1S/C51H38N2O/c54-51-52(47-33-43(37-19-7-1-8-20-37)31-44(34-47)38-21-9-2-10-22-38)49(41-27-15-5-16-28-41)50(42-29-17-6-18-30-42)53(51)48-35-45(39-23-11-3-12-24-39)32-46(36-48)40-25-13-4-14-26-40/h1-36,49-50H. The Labute approximate surface area is 317 Å². The number of nitrogens with zero attached hydrogens (tertiary/aromatic N) is 2. The molecule has 0 N–H and O–H groups in total. The van der Waals surface area contributed by atoms with Crippen LogP contribution in [-0.2, 0) is 0 Å². The van der Waals surface area contributed by atoms with Crippen LogP contribution in [0.25, 0.3) is 44.5 Å². The summed E-state index contributed by atoms with van der Waals surface area (Å²) in [5.74, 6) is 0. The van der Waals surface area contributed by atoms with Gasteiger partial charge in [0.2, 0.25) is 0 Å². The molecule has 0 spiro atoms. The normalized spacial score (nSPS) is 15.4. The van der Waals surface area contributed by atoms with E-state index in [0.29, 0.717) is 0 Å². The summed E-state index contributed by atoms with van der Waals surface area (Å²) in [6.45, 7) is 0. The molecular weight excluding hydrogens is 657 g/mol. The number of anilines is 2. The molecule has 3 nitrogen and oxygen atoms in total. The van der Waals surface area contributed by atoms with E-state index in [1.54, 1.807) is 0 Å². The quantitative estimate of drug-likeness (QED) is 0.155. The highest BCUT2D eigenvalue weighted by atomic mass is 16.2. The summed E-state index contributed by atoms with van der Waals surface area (Å²) < 4.78 is 0. The molecule has 1 saturated heterocycles. The number of carbonyl (C=O) groups excluding carboxylic acids is 1. The second-order valence-corrected chi connectivity index (χ2v) is 13.7. The largest absolute Gasteiger partial charge is 0.330 e. The Morgan fingerprint density at radius 3 is 0.778 bits per heavy atom. The van der Waals surface area contributed by atoms with E-state index in [2.05, 4.69) is 182 Å². The minimum Gasteiger partial charge on any atom is -0.284 e. The third kappa shape index (κ3) is 6.37. The van der Waals surface area contributed by atoms with Crippen LogP contribution in [0.15, 0.2) is 218 Å². The van der Waals surface area contributed by atoms with Gasteiger partial charge in [0.25, 0.3) is 0 Å². The molecule has 258 valence electrons. The molecule has 0 radical (unpaired) electrons. The van der Waals surface area contributed by atoms with Crippen LogP contribution in [0.3, 0.4) is 0 Å².